The van der Waals surface area contributed by atoms with Crippen LogP contribution in [-0.4, -0.2) is 17.0 Å². The third-order valence-corrected chi connectivity index (χ3v) is 3.46. The van der Waals surface area contributed by atoms with Crippen LogP contribution in [0.2, 0.25) is 0 Å². The minimum absolute atomic E-state index is 0.0925. The van der Waals surface area contributed by atoms with Crippen molar-refractivity contribution in [3.63, 3.8) is 0 Å². The highest BCUT2D eigenvalue weighted by Crippen LogP contribution is 2.65. The van der Waals surface area contributed by atoms with Gasteiger partial charge in [-0.2, -0.15) is 0 Å². The van der Waals surface area contributed by atoms with Gasteiger partial charge in [-0.3, -0.25) is 0 Å². The summed E-state index contributed by atoms with van der Waals surface area (Å²) in [5, 5.41) is 9.84. The zero-order chi connectivity index (χ0) is 8.11. The van der Waals surface area contributed by atoms with Crippen molar-refractivity contribution in [1.82, 2.24) is 0 Å². The molecule has 0 aromatic heterocycles. The first-order valence-corrected chi connectivity index (χ1v) is 4.33. The Balaban J connectivity index is 2.12. The molecule has 2 nitrogen and oxygen atoms in total. The second-order valence-corrected chi connectivity index (χ2v) is 4.21. The second kappa shape index (κ2) is 1.86. The van der Waals surface area contributed by atoms with E-state index in [0.717, 1.165) is 25.5 Å². The van der Waals surface area contributed by atoms with Crippen molar-refractivity contribution in [1.29, 1.82) is 0 Å². The number of fused-ring (bicyclic) bond motifs is 1. The number of aliphatic hydroxyl groups is 1. The van der Waals surface area contributed by atoms with E-state index in [0.29, 0.717) is 12.3 Å². The van der Waals surface area contributed by atoms with Crippen LogP contribution in [0.15, 0.2) is 0 Å². The molecule has 0 heterocycles. The molecule has 0 amide bonds. The lowest BCUT2D eigenvalue weighted by atomic mass is 9.91. The first-order valence-electron chi connectivity index (χ1n) is 4.33. The molecular weight excluding hydrogens is 140 g/mol. The molecule has 0 radical (unpaired) electrons. The van der Waals surface area contributed by atoms with E-state index in [4.69, 9.17) is 0 Å². The minimum Gasteiger partial charge on any atom is -0.390 e. The number of carbonyl (C=O) groups is 1. The largest absolute Gasteiger partial charge is 0.390 e. The number of hydrogen-bond acceptors (Lipinski definition) is 2. The van der Waals surface area contributed by atoms with Crippen molar-refractivity contribution in [3.8, 4) is 0 Å². The molecule has 2 fully saturated rings. The lowest BCUT2D eigenvalue weighted by Gasteiger charge is -2.22. The molecule has 0 spiro atoms. The average molecular weight is 154 g/mol. The maximum atomic E-state index is 10.7. The maximum Gasteiger partial charge on any atom is 0.126 e. The summed E-state index contributed by atoms with van der Waals surface area (Å²) >= 11 is 0. The van der Waals surface area contributed by atoms with E-state index in [1.54, 1.807) is 0 Å². The van der Waals surface area contributed by atoms with Crippen LogP contribution in [0, 0.1) is 11.3 Å². The van der Waals surface area contributed by atoms with Gasteiger partial charge in [-0.05, 0) is 31.6 Å². The van der Waals surface area contributed by atoms with E-state index in [1.165, 1.54) is 0 Å². The molecule has 2 aliphatic rings. The van der Waals surface area contributed by atoms with Gasteiger partial charge in [0.05, 0.1) is 5.60 Å². The number of aldehydes is 1. The molecule has 2 heteroatoms. The second-order valence-electron chi connectivity index (χ2n) is 4.21. The summed E-state index contributed by atoms with van der Waals surface area (Å²) in [6.07, 6.45) is 4.44. The fourth-order valence-electron chi connectivity index (χ4n) is 2.49. The van der Waals surface area contributed by atoms with Gasteiger partial charge < -0.3 is 9.90 Å². The number of carbonyl (C=O) groups excluding carboxylic acids is 1. The van der Waals surface area contributed by atoms with E-state index < -0.39 is 5.60 Å². The maximum absolute atomic E-state index is 10.7. The van der Waals surface area contributed by atoms with E-state index >= 15 is 0 Å². The Hall–Kier alpha value is -0.370. The number of hydrogen-bond donors (Lipinski definition) is 1. The smallest absolute Gasteiger partial charge is 0.126 e. The third kappa shape index (κ3) is 0.853. The summed E-state index contributed by atoms with van der Waals surface area (Å²) in [6, 6.07) is 0. The van der Waals surface area contributed by atoms with E-state index in [2.05, 4.69) is 0 Å². The topological polar surface area (TPSA) is 37.3 Å². The predicted octanol–water partition coefficient (Wildman–Crippen LogP) is 1.13. The number of rotatable bonds is 2. The SMILES string of the molecule is CCC1(O)CC2CC2(C=O)C1. The summed E-state index contributed by atoms with van der Waals surface area (Å²) < 4.78 is 0. The van der Waals surface area contributed by atoms with Crippen molar-refractivity contribution in [2.45, 2.75) is 38.2 Å². The van der Waals surface area contributed by atoms with Crippen LogP contribution in [0.1, 0.15) is 32.6 Å². The summed E-state index contributed by atoms with van der Waals surface area (Å²) in [5.74, 6) is 0.505. The van der Waals surface area contributed by atoms with E-state index in [9.17, 15) is 9.90 Å². The highest BCUT2D eigenvalue weighted by atomic mass is 16.3. The first kappa shape index (κ1) is 7.29. The van der Waals surface area contributed by atoms with Gasteiger partial charge in [0.2, 0.25) is 0 Å². The zero-order valence-corrected chi connectivity index (χ0v) is 6.84. The van der Waals surface area contributed by atoms with E-state index in [1.807, 2.05) is 6.92 Å². The van der Waals surface area contributed by atoms with Crippen molar-refractivity contribution in [3.05, 3.63) is 0 Å². The van der Waals surface area contributed by atoms with Crippen LogP contribution in [0.25, 0.3) is 0 Å². The van der Waals surface area contributed by atoms with Gasteiger partial charge in [-0.15, -0.1) is 0 Å². The Kier molecular flexibility index (Phi) is 1.23. The molecule has 11 heavy (non-hydrogen) atoms. The Labute approximate surface area is 66.6 Å². The third-order valence-electron chi connectivity index (χ3n) is 3.46. The molecule has 2 aliphatic carbocycles. The average Bonchev–Trinajstić information content (AvgIpc) is 2.57. The van der Waals surface area contributed by atoms with Gasteiger partial charge in [0.1, 0.15) is 6.29 Å². The Morgan fingerprint density at radius 2 is 2.36 bits per heavy atom. The molecule has 62 valence electrons. The van der Waals surface area contributed by atoms with Crippen LogP contribution >= 0.6 is 0 Å². The summed E-state index contributed by atoms with van der Waals surface area (Å²) in [5.41, 5.74) is -0.603. The Morgan fingerprint density at radius 3 is 2.73 bits per heavy atom. The van der Waals surface area contributed by atoms with Crippen LogP contribution in [0.3, 0.4) is 0 Å². The molecule has 2 rings (SSSR count). The van der Waals surface area contributed by atoms with Gasteiger partial charge in [0.15, 0.2) is 0 Å². The molecule has 0 saturated heterocycles. The fraction of sp³-hybridized carbons (Fsp3) is 0.889. The zero-order valence-electron chi connectivity index (χ0n) is 6.84. The molecular formula is C9H14O2. The minimum atomic E-state index is -0.510. The van der Waals surface area contributed by atoms with Crippen LogP contribution in [0.5, 0.6) is 0 Å². The van der Waals surface area contributed by atoms with Crippen molar-refractivity contribution < 1.29 is 9.90 Å². The molecule has 0 aliphatic heterocycles. The van der Waals surface area contributed by atoms with Crippen LogP contribution < -0.4 is 0 Å². The van der Waals surface area contributed by atoms with Crippen molar-refractivity contribution in [2.75, 3.05) is 0 Å². The van der Waals surface area contributed by atoms with Gasteiger partial charge in [0, 0.05) is 5.41 Å². The summed E-state index contributed by atoms with van der Waals surface area (Å²) in [4.78, 5) is 10.7. The van der Waals surface area contributed by atoms with Gasteiger partial charge in [-0.1, -0.05) is 6.92 Å². The summed E-state index contributed by atoms with van der Waals surface area (Å²) in [7, 11) is 0. The molecule has 2 saturated carbocycles. The van der Waals surface area contributed by atoms with Gasteiger partial charge in [-0.25, -0.2) is 0 Å². The quantitative estimate of drug-likeness (QED) is 0.605. The highest BCUT2D eigenvalue weighted by molar-refractivity contribution is 5.66. The molecule has 0 bridgehead atoms. The monoisotopic (exact) mass is 154 g/mol. The molecule has 3 unspecified atom stereocenters. The standard InChI is InChI=1S/C9H14O2/c1-2-9(11)4-7-3-8(7,5-9)6-10/h6-7,11H,2-5H2,1H3. The molecule has 3 atom stereocenters. The summed E-state index contributed by atoms with van der Waals surface area (Å²) in [6.45, 7) is 1.99. The van der Waals surface area contributed by atoms with Gasteiger partial charge >= 0.3 is 0 Å². The normalized spacial score (nSPS) is 53.8. The lowest BCUT2D eigenvalue weighted by Crippen LogP contribution is -2.26. The van der Waals surface area contributed by atoms with Crippen molar-refractivity contribution in [2.24, 2.45) is 11.3 Å². The predicted molar refractivity (Wildman–Crippen MR) is 41.1 cm³/mol. The Morgan fingerprint density at radius 1 is 1.64 bits per heavy atom. The Bertz CT molecular complexity index is 202. The molecule has 1 N–H and O–H groups in total. The van der Waals surface area contributed by atoms with E-state index in [-0.39, 0.29) is 5.41 Å². The lowest BCUT2D eigenvalue weighted by molar-refractivity contribution is -0.113. The molecule has 0 aromatic rings. The first-order chi connectivity index (χ1) is 5.14. The van der Waals surface area contributed by atoms with Crippen LogP contribution in [0.4, 0.5) is 0 Å². The van der Waals surface area contributed by atoms with Crippen LogP contribution in [-0.2, 0) is 4.79 Å². The highest BCUT2D eigenvalue weighted by Gasteiger charge is 2.64. The molecule has 0 aromatic carbocycles. The fourth-order valence-corrected chi connectivity index (χ4v) is 2.49. The van der Waals surface area contributed by atoms with Gasteiger partial charge in [0.25, 0.3) is 0 Å². The van der Waals surface area contributed by atoms with Crippen molar-refractivity contribution >= 4 is 6.29 Å².